The van der Waals surface area contributed by atoms with Gasteiger partial charge in [-0.25, -0.2) is 0 Å². The molecule has 0 bridgehead atoms. The van der Waals surface area contributed by atoms with Gasteiger partial charge in [-0.3, -0.25) is 25.1 Å². The Kier molecular flexibility index (Phi) is 3.02. The van der Waals surface area contributed by atoms with Gasteiger partial charge >= 0.3 is 0 Å². The third kappa shape index (κ3) is 2.05. The second-order valence-electron chi connectivity index (χ2n) is 4.77. The number of amides is 1. The summed E-state index contributed by atoms with van der Waals surface area (Å²) in [6.07, 6.45) is 3.19. The summed E-state index contributed by atoms with van der Waals surface area (Å²) in [5.41, 5.74) is 0.441. The Morgan fingerprint density at radius 3 is 2.61 bits per heavy atom. The molecule has 0 aliphatic carbocycles. The van der Waals surface area contributed by atoms with E-state index in [4.69, 9.17) is 0 Å². The van der Waals surface area contributed by atoms with Crippen molar-refractivity contribution in [3.05, 3.63) is 23.8 Å². The average Bonchev–Trinajstić information content (AvgIpc) is 2.54. The van der Waals surface area contributed by atoms with E-state index in [-0.39, 0.29) is 11.9 Å². The van der Waals surface area contributed by atoms with E-state index in [1.165, 1.54) is 0 Å². The molecule has 1 aliphatic heterocycles. The highest BCUT2D eigenvalue weighted by Gasteiger charge is 2.44. The maximum atomic E-state index is 12.1. The second kappa shape index (κ2) is 4.36. The fraction of sp³-hybridized carbons (Fsp3) is 0.500. The van der Waals surface area contributed by atoms with E-state index in [2.05, 4.69) is 25.6 Å². The van der Waals surface area contributed by atoms with Crippen LogP contribution in [0.1, 0.15) is 32.2 Å². The number of aromatic nitrogens is 2. The van der Waals surface area contributed by atoms with Crippen LogP contribution in [-0.4, -0.2) is 27.9 Å². The molecule has 2 heterocycles. The number of rotatable bonds is 2. The molecule has 2 N–H and O–H groups in total. The molecule has 1 aliphatic rings. The van der Waals surface area contributed by atoms with Crippen molar-refractivity contribution in [2.45, 2.75) is 39.3 Å². The summed E-state index contributed by atoms with van der Waals surface area (Å²) < 4.78 is 0. The van der Waals surface area contributed by atoms with Crippen LogP contribution in [-0.2, 0) is 10.3 Å². The van der Waals surface area contributed by atoms with Gasteiger partial charge in [0.1, 0.15) is 0 Å². The molecule has 0 radical (unpaired) electrons. The van der Waals surface area contributed by atoms with Gasteiger partial charge in [0.05, 0.1) is 11.4 Å². The van der Waals surface area contributed by atoms with Gasteiger partial charge in [0.25, 0.3) is 5.91 Å². The first-order chi connectivity index (χ1) is 8.43. The molecular weight excluding hydrogens is 230 g/mol. The van der Waals surface area contributed by atoms with Crippen LogP contribution in [0.4, 0.5) is 0 Å². The molecule has 0 saturated carbocycles. The highest BCUT2D eigenvalue weighted by atomic mass is 16.2. The smallest absolute Gasteiger partial charge is 0.258 e. The lowest BCUT2D eigenvalue weighted by molar-refractivity contribution is -0.123. The highest BCUT2D eigenvalue weighted by Crippen LogP contribution is 2.24. The molecule has 1 saturated heterocycles. The van der Waals surface area contributed by atoms with Crippen molar-refractivity contribution < 1.29 is 4.79 Å². The van der Waals surface area contributed by atoms with Gasteiger partial charge < -0.3 is 5.32 Å². The molecule has 6 nitrogen and oxygen atoms in total. The molecule has 2 rings (SSSR count). The number of nitrogens with zero attached hydrogens (tertiary/aromatic N) is 3. The zero-order valence-electron chi connectivity index (χ0n) is 11.0. The Bertz CT molecular complexity index is 511. The van der Waals surface area contributed by atoms with Crippen LogP contribution in [0.15, 0.2) is 17.4 Å². The van der Waals surface area contributed by atoms with Crippen LogP contribution >= 0.6 is 0 Å². The summed E-state index contributed by atoms with van der Waals surface area (Å²) in [5, 5.41) is 5.83. The minimum Gasteiger partial charge on any atom is -0.337 e. The molecule has 96 valence electrons. The number of hydrogen-bond donors (Lipinski definition) is 2. The van der Waals surface area contributed by atoms with Gasteiger partial charge in [0, 0.05) is 18.4 Å². The minimum absolute atomic E-state index is 0.109. The number of aliphatic imine (C=N–C) groups is 1. The van der Waals surface area contributed by atoms with E-state index >= 15 is 0 Å². The van der Waals surface area contributed by atoms with Crippen LogP contribution in [0, 0.1) is 6.92 Å². The third-order valence-corrected chi connectivity index (χ3v) is 2.80. The fourth-order valence-electron chi connectivity index (χ4n) is 1.95. The summed E-state index contributed by atoms with van der Waals surface area (Å²) in [7, 11) is 0. The maximum Gasteiger partial charge on any atom is 0.258 e. The number of aryl methyl sites for hydroxylation is 1. The monoisotopic (exact) mass is 247 g/mol. The highest BCUT2D eigenvalue weighted by molar-refractivity contribution is 6.09. The zero-order chi connectivity index (χ0) is 13.3. The van der Waals surface area contributed by atoms with E-state index in [0.29, 0.717) is 11.7 Å². The molecule has 6 heteroatoms. The van der Waals surface area contributed by atoms with Crippen LogP contribution in [0.3, 0.4) is 0 Å². The zero-order valence-corrected chi connectivity index (χ0v) is 11.0. The average molecular weight is 247 g/mol. The fourth-order valence-corrected chi connectivity index (χ4v) is 1.95. The minimum atomic E-state index is -0.911. The van der Waals surface area contributed by atoms with Gasteiger partial charge in [0.2, 0.25) is 0 Å². The molecule has 18 heavy (non-hydrogen) atoms. The first kappa shape index (κ1) is 12.5. The van der Waals surface area contributed by atoms with Gasteiger partial charge in [-0.15, -0.1) is 0 Å². The van der Waals surface area contributed by atoms with Crippen molar-refractivity contribution >= 4 is 11.9 Å². The topological polar surface area (TPSA) is 79.3 Å². The van der Waals surface area contributed by atoms with Gasteiger partial charge in [-0.1, -0.05) is 0 Å². The van der Waals surface area contributed by atoms with Gasteiger partial charge in [0.15, 0.2) is 11.5 Å². The normalized spacial score (nSPS) is 25.4. The summed E-state index contributed by atoms with van der Waals surface area (Å²) in [6, 6.07) is 0.109. The number of carbonyl (C=O) groups excluding carboxylic acids is 1. The standard InChI is InChI=1S/C12H17N5O/c1-7(2)15-11-16-10(18)12(4,17-11)9-8(3)13-5-6-14-9/h5-7H,1-4H3,(H2,15,16,17,18). The largest absolute Gasteiger partial charge is 0.337 e. The van der Waals surface area contributed by atoms with Crippen LogP contribution in [0.25, 0.3) is 0 Å². The lowest BCUT2D eigenvalue weighted by atomic mass is 9.96. The van der Waals surface area contributed by atoms with Crippen molar-refractivity contribution in [1.29, 1.82) is 0 Å². The van der Waals surface area contributed by atoms with Crippen molar-refractivity contribution in [2.75, 3.05) is 0 Å². The van der Waals surface area contributed by atoms with E-state index in [9.17, 15) is 4.79 Å². The molecule has 1 aromatic rings. The summed E-state index contributed by atoms with van der Waals surface area (Å²) in [5.74, 6) is 0.327. The Balaban J connectivity index is 2.39. The molecule has 1 amide bonds. The molecule has 1 unspecified atom stereocenters. The van der Waals surface area contributed by atoms with Crippen LogP contribution < -0.4 is 10.6 Å². The van der Waals surface area contributed by atoms with Crippen molar-refractivity contribution in [3.8, 4) is 0 Å². The predicted octanol–water partition coefficient (Wildman–Crippen LogP) is 0.484. The van der Waals surface area contributed by atoms with Crippen molar-refractivity contribution in [2.24, 2.45) is 4.99 Å². The Morgan fingerprint density at radius 1 is 1.33 bits per heavy atom. The molecule has 0 aromatic carbocycles. The van der Waals surface area contributed by atoms with E-state index in [1.807, 2.05) is 20.8 Å². The Hall–Kier alpha value is -1.98. The molecule has 1 fully saturated rings. The van der Waals surface area contributed by atoms with E-state index in [0.717, 1.165) is 5.69 Å². The lowest BCUT2D eigenvalue weighted by Crippen LogP contribution is -2.42. The SMILES string of the molecule is Cc1nccnc1C1(C)NC(=NC(C)C)NC1=O. The summed E-state index contributed by atoms with van der Waals surface area (Å²) >= 11 is 0. The number of carbonyl (C=O) groups is 1. The Labute approximate surface area is 106 Å². The van der Waals surface area contributed by atoms with Crippen molar-refractivity contribution in [1.82, 2.24) is 20.6 Å². The third-order valence-electron chi connectivity index (χ3n) is 2.80. The summed E-state index contributed by atoms with van der Waals surface area (Å²) in [6.45, 7) is 7.51. The first-order valence-electron chi connectivity index (χ1n) is 5.89. The van der Waals surface area contributed by atoms with E-state index < -0.39 is 5.54 Å². The molecule has 1 atom stereocenters. The lowest BCUT2D eigenvalue weighted by Gasteiger charge is -2.21. The molecular formula is C12H17N5O. The maximum absolute atomic E-state index is 12.1. The quantitative estimate of drug-likeness (QED) is 0.797. The van der Waals surface area contributed by atoms with Crippen LogP contribution in [0.2, 0.25) is 0 Å². The van der Waals surface area contributed by atoms with E-state index in [1.54, 1.807) is 19.3 Å². The second-order valence-corrected chi connectivity index (χ2v) is 4.77. The molecule has 0 spiro atoms. The number of nitrogens with one attached hydrogen (secondary N) is 2. The molecule has 1 aromatic heterocycles. The van der Waals surface area contributed by atoms with Crippen LogP contribution in [0.5, 0.6) is 0 Å². The van der Waals surface area contributed by atoms with Gasteiger partial charge in [-0.05, 0) is 27.7 Å². The number of guanidine groups is 1. The predicted molar refractivity (Wildman–Crippen MR) is 68.0 cm³/mol. The summed E-state index contributed by atoms with van der Waals surface area (Å²) in [4.78, 5) is 24.8. The Morgan fingerprint density at radius 2 is 2.00 bits per heavy atom. The number of hydrogen-bond acceptors (Lipinski definition) is 4. The van der Waals surface area contributed by atoms with Gasteiger partial charge in [-0.2, -0.15) is 0 Å². The first-order valence-corrected chi connectivity index (χ1v) is 5.89. The van der Waals surface area contributed by atoms with Crippen molar-refractivity contribution in [3.63, 3.8) is 0 Å².